The third-order valence-electron chi connectivity index (χ3n) is 2.22. The molecule has 0 aliphatic heterocycles. The molecule has 0 spiro atoms. The molecule has 14 heavy (non-hydrogen) atoms. The second-order valence-corrected chi connectivity index (χ2v) is 4.33. The van der Waals surface area contributed by atoms with Crippen LogP contribution in [0, 0.1) is 6.92 Å². The van der Waals surface area contributed by atoms with Gasteiger partial charge in [-0.05, 0) is 53.9 Å². The van der Waals surface area contributed by atoms with Gasteiger partial charge in [0.25, 0.3) is 0 Å². The van der Waals surface area contributed by atoms with Gasteiger partial charge >= 0.3 is 0 Å². The summed E-state index contributed by atoms with van der Waals surface area (Å²) < 4.78 is 6.65. The van der Waals surface area contributed by atoms with Gasteiger partial charge in [0.05, 0.1) is 10.6 Å². The first-order valence-electron chi connectivity index (χ1n) is 4.76. The third kappa shape index (κ3) is 2.64. The van der Waals surface area contributed by atoms with Gasteiger partial charge in [0.2, 0.25) is 0 Å². The van der Waals surface area contributed by atoms with Gasteiger partial charge < -0.3 is 10.5 Å². The molecule has 78 valence electrons. The zero-order valence-corrected chi connectivity index (χ0v) is 10.4. The number of aryl methyl sites for hydroxylation is 1. The SMILES string of the molecule is CCC(C)Oc1cc(C)c(N)cc1Br. The zero-order chi connectivity index (χ0) is 10.7. The van der Waals surface area contributed by atoms with Crippen LogP contribution in [0.3, 0.4) is 0 Å². The summed E-state index contributed by atoms with van der Waals surface area (Å²) in [5, 5.41) is 0. The van der Waals surface area contributed by atoms with Crippen LogP contribution in [-0.2, 0) is 0 Å². The highest BCUT2D eigenvalue weighted by Crippen LogP contribution is 2.30. The van der Waals surface area contributed by atoms with Gasteiger partial charge in [-0.3, -0.25) is 0 Å². The second kappa shape index (κ2) is 4.69. The van der Waals surface area contributed by atoms with Crippen molar-refractivity contribution in [1.29, 1.82) is 0 Å². The Kier molecular flexibility index (Phi) is 3.81. The molecule has 0 fully saturated rings. The Morgan fingerprint density at radius 2 is 2.14 bits per heavy atom. The molecule has 2 N–H and O–H groups in total. The predicted molar refractivity (Wildman–Crippen MR) is 63.7 cm³/mol. The molecule has 0 saturated heterocycles. The van der Waals surface area contributed by atoms with Gasteiger partial charge in [0.1, 0.15) is 5.75 Å². The summed E-state index contributed by atoms with van der Waals surface area (Å²) in [6.45, 7) is 6.13. The molecule has 3 heteroatoms. The highest BCUT2D eigenvalue weighted by atomic mass is 79.9. The Morgan fingerprint density at radius 1 is 1.50 bits per heavy atom. The zero-order valence-electron chi connectivity index (χ0n) is 8.80. The fourth-order valence-corrected chi connectivity index (χ4v) is 1.52. The van der Waals surface area contributed by atoms with E-state index in [-0.39, 0.29) is 6.10 Å². The molecule has 1 rings (SSSR count). The maximum absolute atomic E-state index is 5.77. The minimum atomic E-state index is 0.231. The van der Waals surface area contributed by atoms with Crippen molar-refractivity contribution in [2.24, 2.45) is 0 Å². The largest absolute Gasteiger partial charge is 0.490 e. The number of nitrogens with two attached hydrogens (primary N) is 1. The molecule has 0 radical (unpaired) electrons. The van der Waals surface area contributed by atoms with Crippen molar-refractivity contribution >= 4 is 21.6 Å². The molecule has 1 aromatic rings. The Balaban J connectivity index is 2.92. The topological polar surface area (TPSA) is 35.2 Å². The van der Waals surface area contributed by atoms with Crippen LogP contribution in [0.15, 0.2) is 16.6 Å². The normalized spacial score (nSPS) is 12.6. The number of benzene rings is 1. The fraction of sp³-hybridized carbons (Fsp3) is 0.455. The van der Waals surface area contributed by atoms with Crippen LogP contribution < -0.4 is 10.5 Å². The van der Waals surface area contributed by atoms with Gasteiger partial charge in [0, 0.05) is 5.69 Å². The summed E-state index contributed by atoms with van der Waals surface area (Å²) in [7, 11) is 0. The average molecular weight is 258 g/mol. The smallest absolute Gasteiger partial charge is 0.134 e. The van der Waals surface area contributed by atoms with Gasteiger partial charge in [-0.1, -0.05) is 6.92 Å². The first kappa shape index (κ1) is 11.4. The molecule has 0 bridgehead atoms. The van der Waals surface area contributed by atoms with E-state index >= 15 is 0 Å². The van der Waals surface area contributed by atoms with Crippen LogP contribution in [0.4, 0.5) is 5.69 Å². The van der Waals surface area contributed by atoms with Crippen LogP contribution in [0.25, 0.3) is 0 Å². The monoisotopic (exact) mass is 257 g/mol. The van der Waals surface area contributed by atoms with Crippen molar-refractivity contribution in [3.8, 4) is 5.75 Å². The van der Waals surface area contributed by atoms with E-state index in [0.29, 0.717) is 0 Å². The number of anilines is 1. The summed E-state index contributed by atoms with van der Waals surface area (Å²) in [5.41, 5.74) is 7.60. The first-order chi connectivity index (χ1) is 6.54. The number of nitrogen functional groups attached to an aromatic ring is 1. The number of rotatable bonds is 3. The molecule has 1 aromatic carbocycles. The first-order valence-corrected chi connectivity index (χ1v) is 5.56. The Hall–Kier alpha value is -0.700. The van der Waals surface area contributed by atoms with Gasteiger partial charge in [-0.25, -0.2) is 0 Å². The van der Waals surface area contributed by atoms with Gasteiger partial charge in [-0.15, -0.1) is 0 Å². The standard InChI is InChI=1S/C11H16BrNO/c1-4-8(3)14-11-5-7(2)10(13)6-9(11)12/h5-6,8H,4,13H2,1-3H3. The van der Waals surface area contributed by atoms with Crippen molar-refractivity contribution in [1.82, 2.24) is 0 Å². The lowest BCUT2D eigenvalue weighted by molar-refractivity contribution is 0.216. The van der Waals surface area contributed by atoms with E-state index in [2.05, 4.69) is 29.8 Å². The van der Waals surface area contributed by atoms with E-state index in [9.17, 15) is 0 Å². The minimum Gasteiger partial charge on any atom is -0.490 e. The average Bonchev–Trinajstić information content (AvgIpc) is 2.14. The second-order valence-electron chi connectivity index (χ2n) is 3.48. The minimum absolute atomic E-state index is 0.231. The van der Waals surface area contributed by atoms with Crippen LogP contribution in [0.5, 0.6) is 5.75 Å². The van der Waals surface area contributed by atoms with Crippen molar-refractivity contribution in [3.63, 3.8) is 0 Å². The Morgan fingerprint density at radius 3 is 2.71 bits per heavy atom. The van der Waals surface area contributed by atoms with Crippen LogP contribution in [-0.4, -0.2) is 6.10 Å². The molecule has 0 amide bonds. The van der Waals surface area contributed by atoms with E-state index in [4.69, 9.17) is 10.5 Å². The maximum Gasteiger partial charge on any atom is 0.134 e. The van der Waals surface area contributed by atoms with Crippen molar-refractivity contribution in [2.75, 3.05) is 5.73 Å². The van der Waals surface area contributed by atoms with E-state index in [1.165, 1.54) is 0 Å². The molecule has 0 aliphatic carbocycles. The summed E-state index contributed by atoms with van der Waals surface area (Å²) in [6.07, 6.45) is 1.23. The molecular formula is C11H16BrNO. The lowest BCUT2D eigenvalue weighted by Crippen LogP contribution is -2.10. The highest BCUT2D eigenvalue weighted by Gasteiger charge is 2.07. The molecule has 2 nitrogen and oxygen atoms in total. The summed E-state index contributed by atoms with van der Waals surface area (Å²) in [5.74, 6) is 0.867. The number of hydrogen-bond donors (Lipinski definition) is 1. The van der Waals surface area contributed by atoms with Crippen molar-refractivity contribution in [2.45, 2.75) is 33.3 Å². The summed E-state index contributed by atoms with van der Waals surface area (Å²) in [6, 6.07) is 3.85. The van der Waals surface area contributed by atoms with Gasteiger partial charge in [0.15, 0.2) is 0 Å². The van der Waals surface area contributed by atoms with E-state index in [1.54, 1.807) is 0 Å². The molecular weight excluding hydrogens is 242 g/mol. The molecule has 0 heterocycles. The quantitative estimate of drug-likeness (QED) is 0.842. The Bertz CT molecular complexity index is 325. The van der Waals surface area contributed by atoms with E-state index < -0.39 is 0 Å². The van der Waals surface area contributed by atoms with E-state index in [1.807, 2.05) is 19.1 Å². The van der Waals surface area contributed by atoms with Crippen molar-refractivity contribution < 1.29 is 4.74 Å². The summed E-state index contributed by atoms with van der Waals surface area (Å²) >= 11 is 3.43. The number of halogens is 1. The summed E-state index contributed by atoms with van der Waals surface area (Å²) in [4.78, 5) is 0. The fourth-order valence-electron chi connectivity index (χ4n) is 1.06. The number of hydrogen-bond acceptors (Lipinski definition) is 2. The highest BCUT2D eigenvalue weighted by molar-refractivity contribution is 9.10. The molecule has 1 unspecified atom stereocenters. The molecule has 1 atom stereocenters. The molecule has 0 aromatic heterocycles. The van der Waals surface area contributed by atoms with Crippen LogP contribution in [0.2, 0.25) is 0 Å². The molecule has 0 aliphatic rings. The van der Waals surface area contributed by atoms with Crippen LogP contribution in [0.1, 0.15) is 25.8 Å². The Labute approximate surface area is 93.6 Å². The third-order valence-corrected chi connectivity index (χ3v) is 2.84. The van der Waals surface area contributed by atoms with E-state index in [0.717, 1.165) is 27.9 Å². The lowest BCUT2D eigenvalue weighted by Gasteiger charge is -2.15. The van der Waals surface area contributed by atoms with Crippen molar-refractivity contribution in [3.05, 3.63) is 22.2 Å². The lowest BCUT2D eigenvalue weighted by atomic mass is 10.2. The van der Waals surface area contributed by atoms with Gasteiger partial charge in [-0.2, -0.15) is 0 Å². The number of ether oxygens (including phenoxy) is 1. The predicted octanol–water partition coefficient (Wildman–Crippen LogP) is 3.52. The molecule has 0 saturated carbocycles. The van der Waals surface area contributed by atoms with Crippen LogP contribution >= 0.6 is 15.9 Å². The maximum atomic E-state index is 5.77.